The van der Waals surface area contributed by atoms with Crippen molar-refractivity contribution in [3.8, 4) is 0 Å². The number of rotatable bonds is 3. The van der Waals surface area contributed by atoms with Gasteiger partial charge in [0.05, 0.1) is 10.6 Å². The molecule has 2 aromatic carbocycles. The van der Waals surface area contributed by atoms with Gasteiger partial charge in [0.2, 0.25) is 0 Å². The number of nitrogens with one attached hydrogen (secondary N) is 1. The van der Waals surface area contributed by atoms with Gasteiger partial charge in [-0.1, -0.05) is 41.9 Å². The summed E-state index contributed by atoms with van der Waals surface area (Å²) in [5.74, 6) is 0. The second-order valence-corrected chi connectivity index (χ2v) is 7.10. The first-order valence-electron chi connectivity index (χ1n) is 6.61. The van der Waals surface area contributed by atoms with E-state index >= 15 is 0 Å². The van der Waals surface area contributed by atoms with Crippen molar-refractivity contribution in [1.82, 2.24) is 0 Å². The first-order chi connectivity index (χ1) is 10.0. The van der Waals surface area contributed by atoms with Crippen molar-refractivity contribution in [1.29, 1.82) is 0 Å². The first-order valence-corrected chi connectivity index (χ1v) is 8.47. The number of anilines is 1. The lowest BCUT2D eigenvalue weighted by Gasteiger charge is -2.17. The predicted molar refractivity (Wildman–Crippen MR) is 86.7 cm³/mol. The zero-order valence-corrected chi connectivity index (χ0v) is 12.8. The third-order valence-electron chi connectivity index (χ3n) is 3.43. The van der Waals surface area contributed by atoms with Gasteiger partial charge in [0.15, 0.2) is 0 Å². The Balaban J connectivity index is 1.91. The van der Waals surface area contributed by atoms with Gasteiger partial charge in [-0.25, -0.2) is 8.42 Å². The molecule has 0 aliphatic heterocycles. The molecule has 21 heavy (non-hydrogen) atoms. The summed E-state index contributed by atoms with van der Waals surface area (Å²) < 4.78 is 27.5. The van der Waals surface area contributed by atoms with Crippen LogP contribution in [0.5, 0.6) is 0 Å². The molecule has 0 unspecified atom stereocenters. The highest BCUT2D eigenvalue weighted by atomic mass is 35.5. The summed E-state index contributed by atoms with van der Waals surface area (Å²) >= 11 is 5.88. The molecule has 3 nitrogen and oxygen atoms in total. The third-order valence-corrected chi connectivity index (χ3v) is 5.19. The van der Waals surface area contributed by atoms with Crippen molar-refractivity contribution >= 4 is 33.4 Å². The smallest absolute Gasteiger partial charge is 0.258 e. The van der Waals surface area contributed by atoms with Crippen LogP contribution in [0.3, 0.4) is 0 Å². The fraction of sp³-hybridized carbons (Fsp3) is 0.125. The molecule has 1 aliphatic rings. The second kappa shape index (κ2) is 5.54. The molecule has 0 saturated heterocycles. The van der Waals surface area contributed by atoms with Crippen molar-refractivity contribution in [3.63, 3.8) is 0 Å². The lowest BCUT2D eigenvalue weighted by Crippen LogP contribution is -2.17. The average Bonchev–Trinajstić information content (AvgIpc) is 2.46. The fourth-order valence-electron chi connectivity index (χ4n) is 2.39. The molecule has 3 rings (SSSR count). The van der Waals surface area contributed by atoms with E-state index in [0.717, 1.165) is 12.0 Å². The summed E-state index contributed by atoms with van der Waals surface area (Å²) in [6, 6.07) is 14.5. The Morgan fingerprint density at radius 1 is 1.00 bits per heavy atom. The van der Waals surface area contributed by atoms with Gasteiger partial charge in [-0.2, -0.15) is 0 Å². The highest BCUT2D eigenvalue weighted by Gasteiger charge is 2.21. The Kier molecular flexibility index (Phi) is 3.74. The van der Waals surface area contributed by atoms with E-state index in [-0.39, 0.29) is 0 Å². The zero-order chi connectivity index (χ0) is 14.9. The second-order valence-electron chi connectivity index (χ2n) is 4.93. The van der Waals surface area contributed by atoms with Gasteiger partial charge in [0.25, 0.3) is 10.0 Å². The van der Waals surface area contributed by atoms with Crippen LogP contribution in [0.1, 0.15) is 17.5 Å². The molecule has 1 aliphatic carbocycles. The minimum Gasteiger partial charge on any atom is -0.280 e. The number of sulfonamides is 1. The van der Waals surface area contributed by atoms with E-state index in [0.29, 0.717) is 22.0 Å². The van der Waals surface area contributed by atoms with Crippen molar-refractivity contribution < 1.29 is 8.42 Å². The summed E-state index contributed by atoms with van der Waals surface area (Å²) in [7, 11) is -3.54. The van der Waals surface area contributed by atoms with Crippen molar-refractivity contribution in [2.75, 3.05) is 4.72 Å². The lowest BCUT2D eigenvalue weighted by atomic mass is 9.98. The highest BCUT2D eigenvalue weighted by molar-refractivity contribution is 7.96. The van der Waals surface area contributed by atoms with Crippen molar-refractivity contribution in [2.45, 2.75) is 12.8 Å². The van der Waals surface area contributed by atoms with Crippen LogP contribution in [0.25, 0.3) is 6.08 Å². The van der Waals surface area contributed by atoms with Crippen LogP contribution >= 0.6 is 11.6 Å². The minimum atomic E-state index is -3.54. The van der Waals surface area contributed by atoms with E-state index in [1.807, 2.05) is 24.3 Å². The van der Waals surface area contributed by atoms with Crippen LogP contribution in [-0.2, 0) is 16.4 Å². The summed E-state index contributed by atoms with van der Waals surface area (Å²) in [6.07, 6.45) is 2.98. The number of hydrogen-bond acceptors (Lipinski definition) is 2. The Labute approximate surface area is 129 Å². The summed E-state index contributed by atoms with van der Waals surface area (Å²) in [5.41, 5.74) is 2.62. The number of hydrogen-bond donors (Lipinski definition) is 1. The number of benzene rings is 2. The molecule has 0 heterocycles. The molecule has 1 N–H and O–H groups in total. The van der Waals surface area contributed by atoms with E-state index in [1.165, 1.54) is 5.56 Å². The van der Waals surface area contributed by atoms with Crippen molar-refractivity contribution in [3.05, 3.63) is 69.6 Å². The van der Waals surface area contributed by atoms with Gasteiger partial charge in [0.1, 0.15) is 0 Å². The molecule has 0 radical (unpaired) electrons. The van der Waals surface area contributed by atoms with E-state index in [2.05, 4.69) is 4.72 Å². The number of allylic oxidation sites excluding steroid dienone is 1. The number of fused-ring (bicyclic) bond motifs is 1. The monoisotopic (exact) mass is 319 g/mol. The molecule has 0 saturated carbocycles. The summed E-state index contributed by atoms with van der Waals surface area (Å²) in [6.45, 7) is 0. The molecule has 2 aromatic rings. The molecule has 0 atom stereocenters. The number of aryl methyl sites for hydroxylation is 1. The van der Waals surface area contributed by atoms with Crippen LogP contribution in [0.2, 0.25) is 5.02 Å². The Hall–Kier alpha value is -1.78. The third kappa shape index (κ3) is 3.12. The van der Waals surface area contributed by atoms with Crippen LogP contribution < -0.4 is 4.72 Å². The maximum Gasteiger partial charge on any atom is 0.258 e. The Bertz CT molecular complexity index is 813. The predicted octanol–water partition coefficient (Wildman–Crippen LogP) is 4.07. The normalized spacial score (nSPS) is 14.2. The minimum absolute atomic E-state index is 0.404. The SMILES string of the molecule is O=S(=O)(Nc1cccc(Cl)c1)C1=Cc2ccccc2CC1. The summed E-state index contributed by atoms with van der Waals surface area (Å²) in [4.78, 5) is 0.404. The molecule has 0 amide bonds. The largest absolute Gasteiger partial charge is 0.280 e. The van der Waals surface area contributed by atoms with E-state index < -0.39 is 10.0 Å². The molecular weight excluding hydrogens is 306 g/mol. The van der Waals surface area contributed by atoms with Crippen molar-refractivity contribution in [2.24, 2.45) is 0 Å². The maximum atomic E-state index is 12.5. The van der Waals surface area contributed by atoms with Crippen LogP contribution in [0, 0.1) is 0 Å². The Morgan fingerprint density at radius 3 is 2.62 bits per heavy atom. The van der Waals surface area contributed by atoms with Gasteiger partial charge in [0, 0.05) is 5.02 Å². The molecular formula is C16H14ClNO2S. The molecule has 108 valence electrons. The lowest BCUT2D eigenvalue weighted by molar-refractivity contribution is 0.605. The van der Waals surface area contributed by atoms with Gasteiger partial charge in [-0.15, -0.1) is 0 Å². The van der Waals surface area contributed by atoms with Crippen LogP contribution in [0.15, 0.2) is 53.4 Å². The first kappa shape index (κ1) is 14.2. The number of halogens is 1. The van der Waals surface area contributed by atoms with E-state index in [1.54, 1.807) is 30.3 Å². The fourth-order valence-corrected chi connectivity index (χ4v) is 3.80. The quantitative estimate of drug-likeness (QED) is 0.927. The summed E-state index contributed by atoms with van der Waals surface area (Å²) in [5, 5.41) is 0.498. The highest BCUT2D eigenvalue weighted by Crippen LogP contribution is 2.28. The standard InChI is InChI=1S/C16H14ClNO2S/c17-14-6-3-7-15(11-14)18-21(19,20)16-9-8-12-4-1-2-5-13(12)10-16/h1-7,10-11,18H,8-9H2. The molecule has 0 bridgehead atoms. The molecule has 0 fully saturated rings. The Morgan fingerprint density at radius 2 is 1.81 bits per heavy atom. The average molecular weight is 320 g/mol. The molecule has 5 heteroatoms. The molecule has 0 spiro atoms. The van der Waals surface area contributed by atoms with Gasteiger partial charge in [-0.05, 0) is 48.2 Å². The molecule has 0 aromatic heterocycles. The topological polar surface area (TPSA) is 46.2 Å². The maximum absolute atomic E-state index is 12.5. The van der Waals surface area contributed by atoms with Gasteiger partial charge < -0.3 is 0 Å². The van der Waals surface area contributed by atoms with Crippen LogP contribution in [-0.4, -0.2) is 8.42 Å². The van der Waals surface area contributed by atoms with Gasteiger partial charge in [-0.3, -0.25) is 4.72 Å². The van der Waals surface area contributed by atoms with E-state index in [4.69, 9.17) is 11.6 Å². The van der Waals surface area contributed by atoms with Crippen LogP contribution in [0.4, 0.5) is 5.69 Å². The zero-order valence-electron chi connectivity index (χ0n) is 11.2. The van der Waals surface area contributed by atoms with Gasteiger partial charge >= 0.3 is 0 Å². The van der Waals surface area contributed by atoms with E-state index in [9.17, 15) is 8.42 Å².